The van der Waals surface area contributed by atoms with Gasteiger partial charge in [0.15, 0.2) is 33.1 Å². The first-order chi connectivity index (χ1) is 18.7. The van der Waals surface area contributed by atoms with Crippen molar-refractivity contribution in [3.8, 4) is 0 Å². The molecule has 0 fully saturated rings. The second-order valence-electron chi connectivity index (χ2n) is 7.31. The second kappa shape index (κ2) is 20.1. The predicted molar refractivity (Wildman–Crippen MR) is 173 cm³/mol. The number of nitrogens with zero attached hydrogens (tertiary/aromatic N) is 6. The maximum Gasteiger partial charge on any atom is 0.175 e. The molecule has 4 rings (SSSR count). The molecule has 0 N–H and O–H groups in total. The van der Waals surface area contributed by atoms with Gasteiger partial charge in [-0.3, -0.25) is 9.97 Å². The number of aromatic nitrogens is 2. The molecule has 6 nitrogen and oxygen atoms in total. The van der Waals surface area contributed by atoms with Gasteiger partial charge in [0.1, 0.15) is 0 Å². The normalized spacial score (nSPS) is 10.3. The van der Waals surface area contributed by atoms with Crippen LogP contribution in [0.5, 0.6) is 0 Å². The summed E-state index contributed by atoms with van der Waals surface area (Å²) in [4.78, 5) is 8.24. The van der Waals surface area contributed by atoms with Crippen LogP contribution in [-0.4, -0.2) is 31.0 Å². The average molecular weight is 640 g/mol. The third-order valence-corrected chi connectivity index (χ3v) is 7.05. The number of thiol groups is 2. The fraction of sp³-hybridized carbons (Fsp3) is 0.0714. The van der Waals surface area contributed by atoms with Crippen LogP contribution in [0.15, 0.2) is 120 Å². The van der Waals surface area contributed by atoms with Gasteiger partial charge in [-0.2, -0.15) is 0 Å². The van der Waals surface area contributed by atoms with Crippen molar-refractivity contribution in [1.29, 1.82) is 0 Å². The van der Waals surface area contributed by atoms with Gasteiger partial charge in [0, 0.05) is 55.8 Å². The summed E-state index contributed by atoms with van der Waals surface area (Å²) in [6.45, 7) is 0. The van der Waals surface area contributed by atoms with Crippen LogP contribution in [0, 0.1) is 0 Å². The molecule has 2 aromatic heterocycles. The summed E-state index contributed by atoms with van der Waals surface area (Å²) in [5, 5.41) is 7.91. The van der Waals surface area contributed by atoms with E-state index < -0.39 is 0 Å². The van der Waals surface area contributed by atoms with E-state index in [-0.39, 0.29) is 19.5 Å². The summed E-state index contributed by atoms with van der Waals surface area (Å²) < 4.78 is 1.27. The molecule has 0 aliphatic heterocycles. The zero-order valence-electron chi connectivity index (χ0n) is 21.1. The summed E-state index contributed by atoms with van der Waals surface area (Å²) in [6.07, 6.45) is 6.66. The van der Waals surface area contributed by atoms with E-state index in [1.807, 2.05) is 72.8 Å². The number of pyridine rings is 2. The zero-order chi connectivity index (χ0) is 26.7. The Morgan fingerprint density at radius 1 is 0.615 bits per heavy atom. The van der Waals surface area contributed by atoms with Crippen LogP contribution in [0.3, 0.4) is 0 Å². The monoisotopic (exact) mass is 638 g/mol. The Morgan fingerprint density at radius 2 is 1.00 bits per heavy atom. The average Bonchev–Trinajstić information content (AvgIpc) is 2.98. The molecule has 0 spiro atoms. The first-order valence-electron chi connectivity index (χ1n) is 11.4. The molecule has 39 heavy (non-hydrogen) atoms. The van der Waals surface area contributed by atoms with Crippen molar-refractivity contribution in [1.82, 2.24) is 9.97 Å². The molecule has 194 valence electrons. The van der Waals surface area contributed by atoms with Gasteiger partial charge in [-0.25, -0.2) is 0 Å². The summed E-state index contributed by atoms with van der Waals surface area (Å²) in [6, 6.07) is 31.6. The number of benzene rings is 2. The van der Waals surface area contributed by atoms with E-state index in [1.165, 1.54) is 11.1 Å². The Kier molecular flexibility index (Phi) is 16.7. The van der Waals surface area contributed by atoms with Crippen LogP contribution in [-0.2, 0) is 55.4 Å². The van der Waals surface area contributed by atoms with Gasteiger partial charge in [0.25, 0.3) is 0 Å². The van der Waals surface area contributed by atoms with Gasteiger partial charge in [-0.15, -0.1) is 0 Å². The van der Waals surface area contributed by atoms with Crippen LogP contribution in [0.2, 0.25) is 0 Å². The van der Waals surface area contributed by atoms with Crippen LogP contribution in [0.25, 0.3) is 10.9 Å². The minimum atomic E-state index is 0. The van der Waals surface area contributed by atoms with Gasteiger partial charge in [-0.1, -0.05) is 96.3 Å². The van der Waals surface area contributed by atoms with Crippen LogP contribution in [0.1, 0.15) is 22.5 Å². The molecule has 11 heteroatoms. The Bertz CT molecular complexity index is 1190. The van der Waals surface area contributed by atoms with Gasteiger partial charge >= 0.3 is 0 Å². The molecule has 2 heterocycles. The molecule has 0 aliphatic rings. The molecule has 0 unspecified atom stereocenters. The SMILES string of the molecule is [SH+]=C([N-]N=Cc1ccccn1)SCc1ccccc1.[SH+]=C([N-]N=Cc1ccccn1)SCc1ccccc1.[Zn]. The van der Waals surface area contributed by atoms with Gasteiger partial charge < -0.3 is 21.1 Å². The van der Waals surface area contributed by atoms with Crippen molar-refractivity contribution in [2.45, 2.75) is 11.5 Å². The van der Waals surface area contributed by atoms with Gasteiger partial charge in [0.2, 0.25) is 0 Å². The van der Waals surface area contributed by atoms with E-state index in [1.54, 1.807) is 48.3 Å². The van der Waals surface area contributed by atoms with Gasteiger partial charge in [-0.05, 0) is 35.4 Å². The number of hydrogen-bond donors (Lipinski definition) is 0. The molecular formula is C28H26N6S4Zn. The van der Waals surface area contributed by atoms with E-state index >= 15 is 0 Å². The molecule has 0 aliphatic carbocycles. The number of rotatable bonds is 8. The minimum Gasteiger partial charge on any atom is -0.520 e. The smallest absolute Gasteiger partial charge is 0.175 e. The maximum atomic E-state index is 4.29. The van der Waals surface area contributed by atoms with Crippen molar-refractivity contribution in [3.05, 3.63) is 143 Å². The van der Waals surface area contributed by atoms with Crippen molar-refractivity contribution < 1.29 is 19.5 Å². The Hall–Kier alpha value is -2.82. The van der Waals surface area contributed by atoms with E-state index in [4.69, 9.17) is 0 Å². The predicted octanol–water partition coefficient (Wildman–Crippen LogP) is 6.18. The van der Waals surface area contributed by atoms with Crippen molar-refractivity contribution in [2.75, 3.05) is 0 Å². The van der Waals surface area contributed by atoms with Crippen LogP contribution in [0.4, 0.5) is 0 Å². The number of thioether (sulfide) groups is 2. The standard InChI is InChI=1S/2C14H13N3S2.Zn/c2*18-14(19-11-12-6-2-1-3-7-12)17-16-10-13-8-4-5-9-15-13;/h2*1-10H,11H2,(H,15,17,18);. The summed E-state index contributed by atoms with van der Waals surface area (Å²) in [5.74, 6) is 1.67. The van der Waals surface area contributed by atoms with E-state index in [0.29, 0.717) is 8.64 Å². The van der Waals surface area contributed by atoms with Gasteiger partial charge in [0.05, 0.1) is 11.4 Å². The van der Waals surface area contributed by atoms with E-state index in [9.17, 15) is 0 Å². The fourth-order valence-electron chi connectivity index (χ4n) is 2.68. The molecule has 2 aromatic carbocycles. The van der Waals surface area contributed by atoms with Crippen LogP contribution < -0.4 is 0 Å². The van der Waals surface area contributed by atoms with Crippen molar-refractivity contribution >= 4 is 69.0 Å². The van der Waals surface area contributed by atoms with Crippen molar-refractivity contribution in [2.24, 2.45) is 10.2 Å². The quantitative estimate of drug-likeness (QED) is 0.0577. The summed E-state index contributed by atoms with van der Waals surface area (Å²) in [5.41, 5.74) is 12.0. The molecule has 0 saturated carbocycles. The fourth-order valence-corrected chi connectivity index (χ4v) is 4.36. The maximum absolute atomic E-state index is 4.29. The first kappa shape index (κ1) is 32.4. The molecule has 0 saturated heterocycles. The van der Waals surface area contributed by atoms with E-state index in [0.717, 1.165) is 22.9 Å². The Morgan fingerprint density at radius 3 is 1.36 bits per heavy atom. The van der Waals surface area contributed by atoms with Crippen molar-refractivity contribution in [3.63, 3.8) is 0 Å². The third-order valence-electron chi connectivity index (χ3n) is 4.46. The number of hydrogen-bond acceptors (Lipinski definition) is 6. The van der Waals surface area contributed by atoms with Crippen LogP contribution >= 0.6 is 23.5 Å². The molecular weight excluding hydrogens is 614 g/mol. The van der Waals surface area contributed by atoms with E-state index in [2.05, 4.69) is 79.7 Å². The largest absolute Gasteiger partial charge is 0.520 e. The molecule has 0 atom stereocenters. The second-order valence-corrected chi connectivity index (χ2v) is 10.7. The summed E-state index contributed by atoms with van der Waals surface area (Å²) >= 11 is 11.7. The molecule has 0 radical (unpaired) electrons. The topological polar surface area (TPSA) is 78.7 Å². The minimum absolute atomic E-state index is 0. The zero-order valence-corrected chi connectivity index (χ0v) is 27.5. The Balaban J connectivity index is 0.000000267. The molecule has 4 aromatic rings. The first-order valence-corrected chi connectivity index (χ1v) is 14.3. The third kappa shape index (κ3) is 14.8. The summed E-state index contributed by atoms with van der Waals surface area (Å²) in [7, 11) is 0. The molecule has 0 amide bonds. The molecule has 0 bridgehead atoms. The Labute approximate surface area is 261 Å².